The van der Waals surface area contributed by atoms with E-state index in [9.17, 15) is 20.2 Å². The quantitative estimate of drug-likeness (QED) is 0.298. The molecule has 0 radical (unpaired) electrons. The van der Waals surface area contributed by atoms with E-state index in [0.29, 0.717) is 24.5 Å². The number of nitro groups is 2. The van der Waals surface area contributed by atoms with Gasteiger partial charge in [-0.25, -0.2) is 0 Å². The Kier molecular flexibility index (Phi) is 6.05. The average molecular weight is 344 g/mol. The Bertz CT molecular complexity index is 741. The molecule has 8 nitrogen and oxygen atoms in total. The highest BCUT2D eigenvalue weighted by Crippen LogP contribution is 2.30. The molecule has 0 saturated heterocycles. The summed E-state index contributed by atoms with van der Waals surface area (Å²) in [6, 6.07) is 10.7. The second kappa shape index (κ2) is 8.44. The van der Waals surface area contributed by atoms with Crippen molar-refractivity contribution in [2.45, 2.75) is 6.42 Å². The van der Waals surface area contributed by atoms with Crippen molar-refractivity contribution in [2.24, 2.45) is 0 Å². The lowest BCUT2D eigenvalue weighted by Gasteiger charge is -2.08. The van der Waals surface area contributed by atoms with Gasteiger partial charge in [-0.05, 0) is 23.8 Å². The summed E-state index contributed by atoms with van der Waals surface area (Å²) in [4.78, 5) is 21.1. The van der Waals surface area contributed by atoms with Crippen LogP contribution < -0.4 is 4.74 Å². The largest absolute Gasteiger partial charge is 0.498 e. The van der Waals surface area contributed by atoms with Crippen LogP contribution in [0.5, 0.6) is 5.75 Å². The molecule has 0 unspecified atom stereocenters. The van der Waals surface area contributed by atoms with E-state index in [1.165, 1.54) is 24.5 Å². The summed E-state index contributed by atoms with van der Waals surface area (Å²) in [5, 5.41) is 22.3. The first kappa shape index (κ1) is 17.9. The number of hydrogen-bond acceptors (Lipinski definition) is 6. The average Bonchev–Trinajstić information content (AvgIpc) is 2.60. The molecule has 0 amide bonds. The van der Waals surface area contributed by atoms with E-state index >= 15 is 0 Å². The lowest BCUT2D eigenvalue weighted by molar-refractivity contribution is -0.395. The summed E-state index contributed by atoms with van der Waals surface area (Å²) in [5.41, 5.74) is 0.241. The lowest BCUT2D eigenvalue weighted by Crippen LogP contribution is -2.04. The molecular formula is C17H16N2O6. The van der Waals surface area contributed by atoms with Crippen LogP contribution in [0, 0.1) is 20.2 Å². The molecule has 0 bridgehead atoms. The zero-order chi connectivity index (χ0) is 18.2. The third-order valence-electron chi connectivity index (χ3n) is 3.41. The summed E-state index contributed by atoms with van der Waals surface area (Å²) >= 11 is 0. The normalized spacial score (nSPS) is 10.1. The van der Waals surface area contributed by atoms with Crippen molar-refractivity contribution in [3.63, 3.8) is 0 Å². The number of ether oxygens (including phenoxy) is 2. The highest BCUT2D eigenvalue weighted by Gasteiger charge is 2.24. The van der Waals surface area contributed by atoms with Crippen molar-refractivity contribution < 1.29 is 19.3 Å². The van der Waals surface area contributed by atoms with Gasteiger partial charge in [0.15, 0.2) is 0 Å². The maximum Gasteiger partial charge on any atom is 0.279 e. The molecule has 0 heterocycles. The van der Waals surface area contributed by atoms with Gasteiger partial charge in [0.25, 0.3) is 11.4 Å². The molecule has 2 aromatic carbocycles. The predicted molar refractivity (Wildman–Crippen MR) is 90.6 cm³/mol. The minimum Gasteiger partial charge on any atom is -0.498 e. The van der Waals surface area contributed by atoms with Gasteiger partial charge in [0, 0.05) is 18.6 Å². The molecular weight excluding hydrogens is 328 g/mol. The van der Waals surface area contributed by atoms with E-state index in [1.54, 1.807) is 24.3 Å². The standard InChI is InChI=1S/C17H16N2O6/c1-2-24-10-11-25-14-8-6-13(7-9-14)12-15-16(18(20)21)4-3-5-17(15)19(22)23/h2-9H,1,10-12H2. The van der Waals surface area contributed by atoms with E-state index < -0.39 is 9.85 Å². The molecule has 0 fully saturated rings. The van der Waals surface area contributed by atoms with Crippen LogP contribution in [0.15, 0.2) is 55.3 Å². The van der Waals surface area contributed by atoms with Gasteiger partial charge in [0.1, 0.15) is 24.5 Å². The number of benzene rings is 2. The third-order valence-corrected chi connectivity index (χ3v) is 3.41. The van der Waals surface area contributed by atoms with Crippen LogP contribution >= 0.6 is 0 Å². The second-order valence-electron chi connectivity index (χ2n) is 5.00. The summed E-state index contributed by atoms with van der Waals surface area (Å²) in [7, 11) is 0. The van der Waals surface area contributed by atoms with Gasteiger partial charge in [0.2, 0.25) is 0 Å². The SMILES string of the molecule is C=COCCOc1ccc(Cc2c([N+](=O)[O-])cccc2[N+](=O)[O-])cc1. The molecule has 2 aromatic rings. The molecule has 0 aliphatic heterocycles. The maximum absolute atomic E-state index is 11.2. The minimum atomic E-state index is -0.612. The van der Waals surface area contributed by atoms with Gasteiger partial charge in [-0.1, -0.05) is 18.7 Å². The van der Waals surface area contributed by atoms with Gasteiger partial charge < -0.3 is 9.47 Å². The minimum absolute atomic E-state index is 0.0746. The Morgan fingerprint density at radius 2 is 1.56 bits per heavy atom. The Balaban J connectivity index is 2.18. The Morgan fingerprint density at radius 1 is 0.960 bits per heavy atom. The molecule has 2 rings (SSSR count). The van der Waals surface area contributed by atoms with Crippen LogP contribution in [-0.2, 0) is 11.2 Å². The van der Waals surface area contributed by atoms with E-state index in [0.717, 1.165) is 0 Å². The molecule has 8 heteroatoms. The summed E-state index contributed by atoms with van der Waals surface area (Å²) in [5.74, 6) is 0.605. The molecule has 0 N–H and O–H groups in total. The van der Waals surface area contributed by atoms with Crippen molar-refractivity contribution in [3.05, 3.63) is 86.7 Å². The fourth-order valence-electron chi connectivity index (χ4n) is 2.28. The molecule has 0 atom stereocenters. The van der Waals surface area contributed by atoms with Crippen LogP contribution in [0.1, 0.15) is 11.1 Å². The van der Waals surface area contributed by atoms with E-state index in [1.807, 2.05) is 0 Å². The highest BCUT2D eigenvalue weighted by atomic mass is 16.6. The van der Waals surface area contributed by atoms with Gasteiger partial charge in [-0.3, -0.25) is 20.2 Å². The van der Waals surface area contributed by atoms with Crippen molar-refractivity contribution in [2.75, 3.05) is 13.2 Å². The smallest absolute Gasteiger partial charge is 0.279 e. The van der Waals surface area contributed by atoms with Gasteiger partial charge in [0.05, 0.1) is 16.1 Å². The topological polar surface area (TPSA) is 105 Å². The van der Waals surface area contributed by atoms with Gasteiger partial charge >= 0.3 is 0 Å². The fraction of sp³-hybridized carbons (Fsp3) is 0.176. The maximum atomic E-state index is 11.2. The van der Waals surface area contributed by atoms with Crippen LogP contribution in [-0.4, -0.2) is 23.1 Å². The number of hydrogen-bond donors (Lipinski definition) is 0. The second-order valence-corrected chi connectivity index (χ2v) is 5.00. The first-order valence-corrected chi connectivity index (χ1v) is 7.38. The molecule has 0 aliphatic rings. The number of nitro benzene ring substituents is 2. The van der Waals surface area contributed by atoms with E-state index in [4.69, 9.17) is 9.47 Å². The van der Waals surface area contributed by atoms with Gasteiger partial charge in [-0.15, -0.1) is 0 Å². The van der Waals surface area contributed by atoms with Crippen molar-refractivity contribution in [1.29, 1.82) is 0 Å². The van der Waals surface area contributed by atoms with Gasteiger partial charge in [-0.2, -0.15) is 0 Å². The Labute approximate surface area is 143 Å². The van der Waals surface area contributed by atoms with Crippen LogP contribution in [0.3, 0.4) is 0 Å². The first-order valence-electron chi connectivity index (χ1n) is 7.38. The first-order chi connectivity index (χ1) is 12.0. The summed E-state index contributed by atoms with van der Waals surface area (Å²) in [6.07, 6.45) is 1.40. The molecule has 0 aromatic heterocycles. The van der Waals surface area contributed by atoms with Crippen molar-refractivity contribution >= 4 is 11.4 Å². The number of nitrogens with zero attached hydrogens (tertiary/aromatic N) is 2. The highest BCUT2D eigenvalue weighted by molar-refractivity contribution is 5.55. The lowest BCUT2D eigenvalue weighted by atomic mass is 10.0. The zero-order valence-electron chi connectivity index (χ0n) is 13.3. The monoisotopic (exact) mass is 344 g/mol. The molecule has 0 aliphatic carbocycles. The molecule has 130 valence electrons. The van der Waals surface area contributed by atoms with Crippen molar-refractivity contribution in [3.8, 4) is 5.75 Å². The van der Waals surface area contributed by atoms with Crippen molar-refractivity contribution in [1.82, 2.24) is 0 Å². The van der Waals surface area contributed by atoms with E-state index in [-0.39, 0.29) is 23.4 Å². The van der Waals surface area contributed by atoms with E-state index in [2.05, 4.69) is 6.58 Å². The number of rotatable bonds is 9. The molecule has 0 saturated carbocycles. The predicted octanol–water partition coefficient (Wildman–Crippen LogP) is 3.63. The Morgan fingerprint density at radius 3 is 2.08 bits per heavy atom. The molecule has 25 heavy (non-hydrogen) atoms. The Hall–Kier alpha value is -3.42. The zero-order valence-corrected chi connectivity index (χ0v) is 13.3. The molecule has 0 spiro atoms. The third kappa shape index (κ3) is 4.77. The van der Waals surface area contributed by atoms with Crippen LogP contribution in [0.25, 0.3) is 0 Å². The summed E-state index contributed by atoms with van der Waals surface area (Å²) < 4.78 is 10.4. The fourth-order valence-corrected chi connectivity index (χ4v) is 2.28. The van der Waals surface area contributed by atoms with Crippen LogP contribution in [0.2, 0.25) is 0 Å². The van der Waals surface area contributed by atoms with Crippen LogP contribution in [0.4, 0.5) is 11.4 Å². The summed E-state index contributed by atoms with van der Waals surface area (Å²) in [6.45, 7) is 4.14.